The second kappa shape index (κ2) is 7.40. The molecule has 0 aromatic heterocycles. The molecule has 0 amide bonds. The van der Waals surface area contributed by atoms with E-state index in [0.717, 1.165) is 5.56 Å². The van der Waals surface area contributed by atoms with Crippen molar-refractivity contribution in [1.82, 2.24) is 0 Å². The van der Waals surface area contributed by atoms with Gasteiger partial charge in [-0.3, -0.25) is 4.31 Å². The zero-order valence-electron chi connectivity index (χ0n) is 15.2. The molecule has 0 bridgehead atoms. The van der Waals surface area contributed by atoms with Crippen molar-refractivity contribution in [3.8, 4) is 5.75 Å². The number of carbonyl (C=O) groups is 1. The minimum absolute atomic E-state index is 0.0194. The molecule has 0 radical (unpaired) electrons. The van der Waals surface area contributed by atoms with E-state index in [9.17, 15) is 13.2 Å². The minimum Gasteiger partial charge on any atom is -0.496 e. The van der Waals surface area contributed by atoms with Crippen LogP contribution in [0.1, 0.15) is 28.4 Å². The Bertz CT molecular complexity index is 990. The monoisotopic (exact) mass is 409 g/mol. The lowest BCUT2D eigenvalue weighted by atomic mass is 10.1. The maximum atomic E-state index is 12.4. The van der Waals surface area contributed by atoms with Crippen LogP contribution in [0.3, 0.4) is 0 Å². The zero-order valence-corrected chi connectivity index (χ0v) is 16.8. The first-order chi connectivity index (χ1) is 12.7. The van der Waals surface area contributed by atoms with Gasteiger partial charge in [-0.1, -0.05) is 11.6 Å². The molecule has 2 aromatic rings. The number of fused-ring (bicyclic) bond motifs is 1. The van der Waals surface area contributed by atoms with Crippen LogP contribution in [0.4, 0.5) is 5.69 Å². The summed E-state index contributed by atoms with van der Waals surface area (Å²) in [7, 11) is -1.83. The van der Waals surface area contributed by atoms with Gasteiger partial charge in [-0.25, -0.2) is 13.2 Å². The van der Waals surface area contributed by atoms with Crippen molar-refractivity contribution >= 4 is 33.3 Å². The van der Waals surface area contributed by atoms with E-state index in [0.29, 0.717) is 34.0 Å². The highest BCUT2D eigenvalue weighted by atomic mass is 35.5. The number of rotatable bonds is 5. The third-order valence-electron chi connectivity index (χ3n) is 4.43. The Morgan fingerprint density at radius 3 is 2.67 bits per heavy atom. The molecule has 6 nitrogen and oxygen atoms in total. The van der Waals surface area contributed by atoms with Crippen molar-refractivity contribution in [1.29, 1.82) is 0 Å². The van der Waals surface area contributed by atoms with Crippen molar-refractivity contribution in [3.63, 3.8) is 0 Å². The van der Waals surface area contributed by atoms with Crippen LogP contribution < -0.4 is 9.04 Å². The predicted molar refractivity (Wildman–Crippen MR) is 104 cm³/mol. The average molecular weight is 410 g/mol. The van der Waals surface area contributed by atoms with E-state index in [2.05, 4.69) is 0 Å². The van der Waals surface area contributed by atoms with Gasteiger partial charge >= 0.3 is 5.97 Å². The second-order valence-corrected chi connectivity index (χ2v) is 8.78. The van der Waals surface area contributed by atoms with E-state index in [1.807, 2.05) is 6.92 Å². The molecule has 3 rings (SSSR count). The highest BCUT2D eigenvalue weighted by Crippen LogP contribution is 2.35. The fraction of sp³-hybridized carbons (Fsp3) is 0.316. The summed E-state index contributed by atoms with van der Waals surface area (Å²) in [6, 6.07) is 9.82. The summed E-state index contributed by atoms with van der Waals surface area (Å²) in [5, 5.41) is 0.522. The summed E-state index contributed by atoms with van der Waals surface area (Å²) in [5.41, 5.74) is 2.45. The van der Waals surface area contributed by atoms with Crippen molar-refractivity contribution in [2.75, 3.05) is 17.7 Å². The number of benzene rings is 2. The maximum absolute atomic E-state index is 12.4. The third kappa shape index (κ3) is 4.04. The zero-order chi connectivity index (χ0) is 19.8. The van der Waals surface area contributed by atoms with Crippen LogP contribution in [0.25, 0.3) is 0 Å². The highest BCUT2D eigenvalue weighted by Gasteiger charge is 2.32. The Labute approximate surface area is 163 Å². The molecular weight excluding hydrogens is 390 g/mol. The quantitative estimate of drug-likeness (QED) is 0.707. The van der Waals surface area contributed by atoms with E-state index >= 15 is 0 Å². The summed E-state index contributed by atoms with van der Waals surface area (Å²) >= 11 is 5.98. The highest BCUT2D eigenvalue weighted by molar-refractivity contribution is 7.92. The van der Waals surface area contributed by atoms with Gasteiger partial charge < -0.3 is 9.47 Å². The number of carbonyl (C=O) groups excluding carboxylic acids is 1. The van der Waals surface area contributed by atoms with Gasteiger partial charge in [0.1, 0.15) is 12.4 Å². The third-order valence-corrected chi connectivity index (χ3v) is 5.93. The van der Waals surface area contributed by atoms with Crippen molar-refractivity contribution in [3.05, 3.63) is 58.1 Å². The van der Waals surface area contributed by atoms with E-state index < -0.39 is 16.0 Å². The number of halogens is 1. The topological polar surface area (TPSA) is 72.9 Å². The molecule has 0 N–H and O–H groups in total. The molecule has 1 unspecified atom stereocenters. The lowest BCUT2D eigenvalue weighted by Gasteiger charge is -2.21. The van der Waals surface area contributed by atoms with Crippen LogP contribution in [0.15, 0.2) is 36.4 Å². The second-order valence-electron chi connectivity index (χ2n) is 6.49. The Kier molecular flexibility index (Phi) is 5.35. The van der Waals surface area contributed by atoms with Gasteiger partial charge in [0.25, 0.3) is 0 Å². The molecule has 1 heterocycles. The van der Waals surface area contributed by atoms with Gasteiger partial charge in [0.05, 0.1) is 24.6 Å². The van der Waals surface area contributed by atoms with Crippen LogP contribution >= 0.6 is 11.6 Å². The first kappa shape index (κ1) is 19.5. The van der Waals surface area contributed by atoms with Crippen LogP contribution in [0, 0.1) is 0 Å². The number of hydrogen-bond acceptors (Lipinski definition) is 5. The number of methoxy groups -OCH3 is 1. The van der Waals surface area contributed by atoms with Crippen LogP contribution in [0.5, 0.6) is 5.75 Å². The summed E-state index contributed by atoms with van der Waals surface area (Å²) in [6.45, 7) is 1.86. The molecular formula is C19H20ClNO5S. The van der Waals surface area contributed by atoms with Gasteiger partial charge in [0.15, 0.2) is 0 Å². The summed E-state index contributed by atoms with van der Waals surface area (Å²) < 4.78 is 36.0. The first-order valence-electron chi connectivity index (χ1n) is 8.32. The fourth-order valence-electron chi connectivity index (χ4n) is 3.32. The number of nitrogens with zero attached hydrogens (tertiary/aromatic N) is 1. The van der Waals surface area contributed by atoms with Crippen LogP contribution in [0.2, 0.25) is 5.02 Å². The standard InChI is InChI=1S/C19H20ClNO5S/c1-12-8-14-9-13(4-6-17(14)21(12)27(3,23)24)19(22)26-11-15-10-16(20)5-7-18(15)25-2/h4-7,9-10,12H,8,11H2,1-3H3. The number of ether oxygens (including phenoxy) is 2. The average Bonchev–Trinajstić information content (AvgIpc) is 2.94. The molecule has 8 heteroatoms. The molecule has 0 saturated carbocycles. The van der Waals surface area contributed by atoms with Crippen LogP contribution in [-0.4, -0.2) is 33.8 Å². The lowest BCUT2D eigenvalue weighted by molar-refractivity contribution is 0.0470. The Balaban J connectivity index is 1.78. The Morgan fingerprint density at radius 2 is 2.00 bits per heavy atom. The molecule has 0 aliphatic carbocycles. The van der Waals surface area contributed by atoms with Gasteiger partial charge in [0.2, 0.25) is 10.0 Å². The number of anilines is 1. The van der Waals surface area contributed by atoms with E-state index in [-0.39, 0.29) is 12.6 Å². The van der Waals surface area contributed by atoms with Gasteiger partial charge in [-0.2, -0.15) is 0 Å². The molecule has 1 aliphatic heterocycles. The van der Waals surface area contributed by atoms with Crippen molar-refractivity contribution in [2.24, 2.45) is 0 Å². The number of hydrogen-bond donors (Lipinski definition) is 0. The largest absolute Gasteiger partial charge is 0.496 e. The number of esters is 1. The molecule has 0 saturated heterocycles. The molecule has 1 aliphatic rings. The van der Waals surface area contributed by atoms with Gasteiger partial charge in [-0.05, 0) is 55.3 Å². The molecule has 27 heavy (non-hydrogen) atoms. The fourth-order valence-corrected chi connectivity index (χ4v) is 4.78. The van der Waals surface area contributed by atoms with E-state index in [1.165, 1.54) is 17.7 Å². The summed E-state index contributed by atoms with van der Waals surface area (Å²) in [5.74, 6) is 0.0871. The molecule has 1 atom stereocenters. The van der Waals surface area contributed by atoms with Crippen molar-refractivity contribution < 1.29 is 22.7 Å². The first-order valence-corrected chi connectivity index (χ1v) is 10.5. The molecule has 2 aromatic carbocycles. The predicted octanol–water partition coefficient (Wildman–Crippen LogP) is 3.42. The SMILES string of the molecule is COc1ccc(Cl)cc1COC(=O)c1ccc2c(c1)CC(C)N2S(C)(=O)=O. The molecule has 0 spiro atoms. The van der Waals surface area contributed by atoms with Gasteiger partial charge in [-0.15, -0.1) is 0 Å². The normalized spacial score (nSPS) is 16.1. The summed E-state index contributed by atoms with van der Waals surface area (Å²) in [4.78, 5) is 12.4. The van der Waals surface area contributed by atoms with Crippen LogP contribution in [-0.2, 0) is 27.8 Å². The van der Waals surface area contributed by atoms with Gasteiger partial charge in [0, 0.05) is 16.6 Å². The maximum Gasteiger partial charge on any atom is 0.338 e. The lowest BCUT2D eigenvalue weighted by Crippen LogP contribution is -2.34. The van der Waals surface area contributed by atoms with E-state index in [4.69, 9.17) is 21.1 Å². The van der Waals surface area contributed by atoms with Crippen molar-refractivity contribution in [2.45, 2.75) is 26.0 Å². The Morgan fingerprint density at radius 1 is 1.26 bits per heavy atom. The smallest absolute Gasteiger partial charge is 0.338 e. The number of sulfonamides is 1. The minimum atomic E-state index is -3.37. The molecule has 144 valence electrons. The Hall–Kier alpha value is -2.25. The summed E-state index contributed by atoms with van der Waals surface area (Å²) in [6.07, 6.45) is 1.73. The molecule has 0 fully saturated rings. The van der Waals surface area contributed by atoms with E-state index in [1.54, 1.807) is 36.4 Å².